The fourth-order valence-corrected chi connectivity index (χ4v) is 3.19. The van der Waals surface area contributed by atoms with Crippen LogP contribution in [0.4, 0.5) is 0 Å². The summed E-state index contributed by atoms with van der Waals surface area (Å²) in [4.78, 5) is 21.9. The highest BCUT2D eigenvalue weighted by Crippen LogP contribution is 2.37. The molecule has 0 aliphatic rings. The normalized spacial score (nSPS) is 10.3. The first-order chi connectivity index (χ1) is 14.3. The van der Waals surface area contributed by atoms with Crippen LogP contribution in [0.25, 0.3) is 22.3 Å². The van der Waals surface area contributed by atoms with Crippen LogP contribution in [0, 0.1) is 0 Å². The summed E-state index contributed by atoms with van der Waals surface area (Å²) in [6.45, 7) is 0. The van der Waals surface area contributed by atoms with Gasteiger partial charge >= 0.3 is 0 Å². The Balaban J connectivity index is 1.72. The van der Waals surface area contributed by atoms with Gasteiger partial charge in [-0.3, -0.25) is 9.59 Å². The van der Waals surface area contributed by atoms with Crippen molar-refractivity contribution in [3.8, 4) is 33.8 Å². The molecular formula is C26H18O3. The van der Waals surface area contributed by atoms with E-state index >= 15 is 0 Å². The predicted octanol–water partition coefficient (Wildman–Crippen LogP) is 6.44. The van der Waals surface area contributed by atoms with E-state index < -0.39 is 0 Å². The summed E-state index contributed by atoms with van der Waals surface area (Å²) in [6.07, 6.45) is 1.66. The standard InChI is InChI=1S/C26H18O3/c27-17-19-9-13-21(14-10-19)23-5-1-3-7-25(23)29-26-8-4-2-6-24(26)22-15-11-20(18-28)12-16-22/h1-18H. The Kier molecular flexibility index (Phi) is 5.30. The molecule has 4 aromatic carbocycles. The second-order valence-electron chi connectivity index (χ2n) is 6.57. The van der Waals surface area contributed by atoms with Crippen LogP contribution in [0.15, 0.2) is 97.1 Å². The van der Waals surface area contributed by atoms with Gasteiger partial charge in [0.2, 0.25) is 0 Å². The molecule has 0 bridgehead atoms. The monoisotopic (exact) mass is 378 g/mol. The molecule has 0 radical (unpaired) electrons. The first kappa shape index (κ1) is 18.4. The first-order valence-corrected chi connectivity index (χ1v) is 9.25. The predicted molar refractivity (Wildman–Crippen MR) is 115 cm³/mol. The van der Waals surface area contributed by atoms with Crippen LogP contribution in [0.5, 0.6) is 11.5 Å². The molecule has 0 amide bonds. The number of carbonyl (C=O) groups is 2. The van der Waals surface area contributed by atoms with Crippen LogP contribution in [0.2, 0.25) is 0 Å². The summed E-state index contributed by atoms with van der Waals surface area (Å²) >= 11 is 0. The molecular weight excluding hydrogens is 360 g/mol. The minimum absolute atomic E-state index is 0.635. The average Bonchev–Trinajstić information content (AvgIpc) is 2.80. The Bertz CT molecular complexity index is 1050. The zero-order chi connectivity index (χ0) is 20.1. The number of carbonyl (C=O) groups excluding carboxylic acids is 2. The van der Waals surface area contributed by atoms with Gasteiger partial charge in [-0.15, -0.1) is 0 Å². The molecule has 0 spiro atoms. The van der Waals surface area contributed by atoms with Gasteiger partial charge in [-0.25, -0.2) is 0 Å². The molecule has 0 atom stereocenters. The Morgan fingerprint density at radius 1 is 0.483 bits per heavy atom. The molecule has 4 rings (SSSR count). The topological polar surface area (TPSA) is 43.4 Å². The minimum Gasteiger partial charge on any atom is -0.456 e. The lowest BCUT2D eigenvalue weighted by molar-refractivity contribution is 0.111. The molecule has 0 N–H and O–H groups in total. The highest BCUT2D eigenvalue weighted by molar-refractivity contribution is 5.80. The molecule has 0 saturated carbocycles. The Labute approximate surface area is 169 Å². The highest BCUT2D eigenvalue weighted by Gasteiger charge is 2.11. The van der Waals surface area contributed by atoms with E-state index in [1.807, 2.05) is 72.8 Å². The highest BCUT2D eigenvalue weighted by atomic mass is 16.5. The summed E-state index contributed by atoms with van der Waals surface area (Å²) in [5.74, 6) is 1.45. The SMILES string of the molecule is O=Cc1ccc(-c2ccccc2Oc2ccccc2-c2ccc(C=O)cc2)cc1. The van der Waals surface area contributed by atoms with Gasteiger partial charge in [0.25, 0.3) is 0 Å². The quantitative estimate of drug-likeness (QED) is 0.363. The number of para-hydroxylation sites is 2. The maximum Gasteiger partial charge on any atom is 0.150 e. The van der Waals surface area contributed by atoms with Crippen LogP contribution in [-0.2, 0) is 0 Å². The van der Waals surface area contributed by atoms with Crippen molar-refractivity contribution in [2.45, 2.75) is 0 Å². The molecule has 0 aliphatic heterocycles. The van der Waals surface area contributed by atoms with Crippen molar-refractivity contribution in [1.29, 1.82) is 0 Å². The van der Waals surface area contributed by atoms with Crippen molar-refractivity contribution in [2.24, 2.45) is 0 Å². The molecule has 0 fully saturated rings. The van der Waals surface area contributed by atoms with Gasteiger partial charge in [0.15, 0.2) is 0 Å². The number of rotatable bonds is 6. The van der Waals surface area contributed by atoms with Crippen LogP contribution in [0.1, 0.15) is 20.7 Å². The maximum atomic E-state index is 10.9. The van der Waals surface area contributed by atoms with Gasteiger partial charge < -0.3 is 4.74 Å². The summed E-state index contributed by atoms with van der Waals surface area (Å²) in [7, 11) is 0. The van der Waals surface area contributed by atoms with E-state index in [1.165, 1.54) is 0 Å². The lowest BCUT2D eigenvalue weighted by atomic mass is 10.0. The molecule has 0 aliphatic carbocycles. The molecule has 0 heterocycles. The van der Waals surface area contributed by atoms with E-state index in [9.17, 15) is 9.59 Å². The Morgan fingerprint density at radius 3 is 1.24 bits per heavy atom. The summed E-state index contributed by atoms with van der Waals surface area (Å²) < 4.78 is 6.32. The molecule has 3 nitrogen and oxygen atoms in total. The van der Waals surface area contributed by atoms with Crippen LogP contribution in [-0.4, -0.2) is 12.6 Å². The minimum atomic E-state index is 0.635. The van der Waals surface area contributed by atoms with E-state index in [-0.39, 0.29) is 0 Å². The van der Waals surface area contributed by atoms with E-state index in [4.69, 9.17) is 4.74 Å². The molecule has 140 valence electrons. The zero-order valence-electron chi connectivity index (χ0n) is 15.6. The van der Waals surface area contributed by atoms with E-state index in [2.05, 4.69) is 0 Å². The van der Waals surface area contributed by atoms with Gasteiger partial charge in [-0.1, -0.05) is 84.9 Å². The molecule has 0 saturated heterocycles. The third-order valence-corrected chi connectivity index (χ3v) is 4.71. The lowest BCUT2D eigenvalue weighted by Gasteiger charge is -2.15. The number of hydrogen-bond donors (Lipinski definition) is 0. The van der Waals surface area contributed by atoms with Crippen molar-refractivity contribution >= 4 is 12.6 Å². The molecule has 29 heavy (non-hydrogen) atoms. The van der Waals surface area contributed by atoms with Gasteiger partial charge in [-0.05, 0) is 23.3 Å². The maximum absolute atomic E-state index is 10.9. The summed E-state index contributed by atoms with van der Waals surface area (Å²) in [5, 5.41) is 0. The van der Waals surface area contributed by atoms with Crippen LogP contribution < -0.4 is 4.74 Å². The second kappa shape index (κ2) is 8.36. The van der Waals surface area contributed by atoms with Crippen molar-refractivity contribution in [3.05, 3.63) is 108 Å². The summed E-state index contributed by atoms with van der Waals surface area (Å²) in [5.41, 5.74) is 5.10. The first-order valence-electron chi connectivity index (χ1n) is 9.25. The van der Waals surface area contributed by atoms with E-state index in [0.29, 0.717) is 11.1 Å². The fourth-order valence-electron chi connectivity index (χ4n) is 3.19. The number of benzene rings is 4. The van der Waals surface area contributed by atoms with Crippen molar-refractivity contribution in [3.63, 3.8) is 0 Å². The lowest BCUT2D eigenvalue weighted by Crippen LogP contribution is -1.91. The zero-order valence-corrected chi connectivity index (χ0v) is 15.6. The third-order valence-electron chi connectivity index (χ3n) is 4.71. The van der Waals surface area contributed by atoms with Crippen molar-refractivity contribution < 1.29 is 14.3 Å². The van der Waals surface area contributed by atoms with Gasteiger partial charge in [0.1, 0.15) is 24.1 Å². The Morgan fingerprint density at radius 2 is 0.862 bits per heavy atom. The fraction of sp³-hybridized carbons (Fsp3) is 0. The average molecular weight is 378 g/mol. The van der Waals surface area contributed by atoms with E-state index in [1.54, 1.807) is 24.3 Å². The number of hydrogen-bond acceptors (Lipinski definition) is 3. The van der Waals surface area contributed by atoms with Crippen LogP contribution >= 0.6 is 0 Å². The molecule has 0 unspecified atom stereocenters. The van der Waals surface area contributed by atoms with Crippen molar-refractivity contribution in [2.75, 3.05) is 0 Å². The number of ether oxygens (including phenoxy) is 1. The Hall–Kier alpha value is -3.98. The molecule has 3 heteroatoms. The van der Waals surface area contributed by atoms with Gasteiger partial charge in [0, 0.05) is 22.3 Å². The number of aldehydes is 2. The second-order valence-corrected chi connectivity index (χ2v) is 6.57. The smallest absolute Gasteiger partial charge is 0.150 e. The largest absolute Gasteiger partial charge is 0.456 e. The van der Waals surface area contributed by atoms with E-state index in [0.717, 1.165) is 46.3 Å². The van der Waals surface area contributed by atoms with Gasteiger partial charge in [-0.2, -0.15) is 0 Å². The van der Waals surface area contributed by atoms with Gasteiger partial charge in [0.05, 0.1) is 0 Å². The third kappa shape index (κ3) is 3.99. The van der Waals surface area contributed by atoms with Crippen LogP contribution in [0.3, 0.4) is 0 Å². The molecule has 0 aromatic heterocycles. The van der Waals surface area contributed by atoms with Crippen molar-refractivity contribution in [1.82, 2.24) is 0 Å². The molecule has 4 aromatic rings. The summed E-state index contributed by atoms with van der Waals surface area (Å²) in [6, 6.07) is 30.4.